The zero-order valence-electron chi connectivity index (χ0n) is 25.8. The van der Waals surface area contributed by atoms with Gasteiger partial charge in [-0.25, -0.2) is 0 Å². The molecule has 0 aromatic heterocycles. The van der Waals surface area contributed by atoms with Gasteiger partial charge in [0.25, 0.3) is 0 Å². The van der Waals surface area contributed by atoms with E-state index in [1.807, 2.05) is 0 Å². The molecule has 0 aromatic carbocycles. The number of amides is 1. The monoisotopic (exact) mass is 603 g/mol. The summed E-state index contributed by atoms with van der Waals surface area (Å²) in [6, 6.07) is -0.484. The molecule has 1 aliphatic rings. The van der Waals surface area contributed by atoms with Crippen molar-refractivity contribution in [3.8, 4) is 0 Å². The van der Waals surface area contributed by atoms with Crippen LogP contribution in [0.2, 0.25) is 0 Å². The highest BCUT2D eigenvalue weighted by molar-refractivity contribution is 8.07. The highest BCUT2D eigenvalue weighted by Crippen LogP contribution is 2.48. The van der Waals surface area contributed by atoms with Crippen LogP contribution in [0.3, 0.4) is 0 Å². The second-order valence-electron chi connectivity index (χ2n) is 11.4. The standard InChI is InChI=1S/C30H59BNO6PS/c1-4-5-6-7-8-9-10-11-12-13-14-17-20-23-28(33)32-24-21-18-15-16-19-22-26-29(38-39(34,40)36-3)27(25-35-2)37-30(26)31/h26-27,29-30H,4-25H2,1-3H3,(H,32,33)(H,34,40)/t26-,27+,29?,30+,39?/m0/s1. The second-order valence-corrected chi connectivity index (χ2v) is 14.3. The smallest absolute Gasteiger partial charge is 0.324 e. The number of nitrogens with one attached hydrogen (secondary N) is 1. The van der Waals surface area contributed by atoms with E-state index in [0.29, 0.717) is 13.0 Å². The van der Waals surface area contributed by atoms with Crippen LogP contribution in [-0.4, -0.2) is 64.2 Å². The maximum atomic E-state index is 12.1. The number of methoxy groups -OCH3 is 1. The third kappa shape index (κ3) is 18.5. The van der Waals surface area contributed by atoms with Crippen molar-refractivity contribution < 1.29 is 28.2 Å². The van der Waals surface area contributed by atoms with Crippen LogP contribution in [-0.2, 0) is 35.1 Å². The van der Waals surface area contributed by atoms with E-state index in [4.69, 9.17) is 38.2 Å². The van der Waals surface area contributed by atoms with Crippen LogP contribution in [0, 0.1) is 5.92 Å². The summed E-state index contributed by atoms with van der Waals surface area (Å²) in [4.78, 5) is 22.3. The van der Waals surface area contributed by atoms with Gasteiger partial charge in [-0.1, -0.05) is 110 Å². The molecule has 1 fully saturated rings. The highest BCUT2D eigenvalue weighted by Gasteiger charge is 2.44. The molecule has 40 heavy (non-hydrogen) atoms. The minimum absolute atomic E-state index is 0.0748. The zero-order chi connectivity index (χ0) is 29.5. The van der Waals surface area contributed by atoms with Crippen LogP contribution < -0.4 is 5.32 Å². The third-order valence-electron chi connectivity index (χ3n) is 7.90. The molecule has 2 radical (unpaired) electrons. The fourth-order valence-electron chi connectivity index (χ4n) is 5.47. The van der Waals surface area contributed by atoms with E-state index in [9.17, 15) is 9.69 Å². The van der Waals surface area contributed by atoms with E-state index in [1.54, 1.807) is 7.11 Å². The molecule has 0 saturated carbocycles. The van der Waals surface area contributed by atoms with Crippen molar-refractivity contribution in [2.24, 2.45) is 5.92 Å². The Morgan fingerprint density at radius 1 is 0.875 bits per heavy atom. The van der Waals surface area contributed by atoms with E-state index in [-0.39, 0.29) is 17.9 Å². The van der Waals surface area contributed by atoms with Gasteiger partial charge in [0.1, 0.15) is 20.1 Å². The lowest BCUT2D eigenvalue weighted by atomic mass is 9.81. The number of ether oxygens (including phenoxy) is 2. The lowest BCUT2D eigenvalue weighted by molar-refractivity contribution is -0.121. The normalized spacial score (nSPS) is 22.4. The Morgan fingerprint density at radius 3 is 1.95 bits per heavy atom. The molecule has 10 heteroatoms. The lowest BCUT2D eigenvalue weighted by Crippen LogP contribution is -2.33. The molecular formula is C30H59BNO6PS. The van der Waals surface area contributed by atoms with Gasteiger partial charge in [-0.15, -0.1) is 0 Å². The fraction of sp³-hybridized carbons (Fsp3) is 0.967. The molecule has 1 aliphatic heterocycles. The summed E-state index contributed by atoms with van der Waals surface area (Å²) in [6.07, 6.45) is 23.1. The predicted molar refractivity (Wildman–Crippen MR) is 169 cm³/mol. The van der Waals surface area contributed by atoms with Gasteiger partial charge in [0.15, 0.2) is 0 Å². The van der Waals surface area contributed by atoms with Crippen molar-refractivity contribution >= 4 is 32.3 Å². The molecule has 5 atom stereocenters. The molecule has 1 heterocycles. The second kappa shape index (κ2) is 24.4. The van der Waals surface area contributed by atoms with E-state index >= 15 is 0 Å². The molecule has 1 saturated heterocycles. The Kier molecular flexibility index (Phi) is 23.2. The molecule has 0 spiro atoms. The van der Waals surface area contributed by atoms with Crippen molar-refractivity contribution in [1.29, 1.82) is 0 Å². The number of unbranched alkanes of at least 4 members (excludes halogenated alkanes) is 16. The Morgan fingerprint density at radius 2 is 1.40 bits per heavy atom. The molecule has 2 unspecified atom stereocenters. The number of rotatable bonds is 27. The molecule has 1 rings (SSSR count). The van der Waals surface area contributed by atoms with Crippen molar-refractivity contribution in [2.45, 2.75) is 154 Å². The minimum atomic E-state index is -3.33. The topological polar surface area (TPSA) is 86.2 Å². The molecule has 1 amide bonds. The van der Waals surface area contributed by atoms with Gasteiger partial charge >= 0.3 is 6.72 Å². The van der Waals surface area contributed by atoms with Crippen molar-refractivity contribution in [2.75, 3.05) is 27.4 Å². The van der Waals surface area contributed by atoms with Crippen molar-refractivity contribution in [3.63, 3.8) is 0 Å². The summed E-state index contributed by atoms with van der Waals surface area (Å²) in [5, 5.41) is 3.07. The van der Waals surface area contributed by atoms with E-state index in [1.165, 1.54) is 77.7 Å². The third-order valence-corrected chi connectivity index (χ3v) is 9.58. The van der Waals surface area contributed by atoms with Crippen LogP contribution >= 0.6 is 6.72 Å². The highest BCUT2D eigenvalue weighted by atomic mass is 32.5. The van der Waals surface area contributed by atoms with Crippen LogP contribution in [0.1, 0.15) is 135 Å². The number of carbonyl (C=O) groups is 1. The summed E-state index contributed by atoms with van der Waals surface area (Å²) in [6.45, 7) is 0.0164. The average Bonchev–Trinajstić information content (AvgIpc) is 3.21. The van der Waals surface area contributed by atoms with Crippen LogP contribution in [0.5, 0.6) is 0 Å². The Bertz CT molecular complexity index is 676. The van der Waals surface area contributed by atoms with Gasteiger partial charge in [0.05, 0.1) is 6.61 Å². The molecular weight excluding hydrogens is 544 g/mol. The average molecular weight is 604 g/mol. The van der Waals surface area contributed by atoms with Gasteiger partial charge in [0.2, 0.25) is 5.91 Å². The van der Waals surface area contributed by atoms with Gasteiger partial charge in [0, 0.05) is 39.1 Å². The van der Waals surface area contributed by atoms with Crippen LogP contribution in [0.25, 0.3) is 0 Å². The maximum Gasteiger partial charge on any atom is 0.324 e. The van der Waals surface area contributed by atoms with Gasteiger partial charge in [-0.3, -0.25) is 4.79 Å². The summed E-state index contributed by atoms with van der Waals surface area (Å²) in [5.41, 5.74) is 0. The SMILES string of the molecule is [B][C@@H]1O[C@H](COC)C(OP(O)(=S)OC)[C@@H]1CCCCCCCNC(=O)CCCCCCCCCCCCCCC. The molecule has 0 bridgehead atoms. The summed E-state index contributed by atoms with van der Waals surface area (Å²) in [7, 11) is 9.15. The Balaban J connectivity index is 1.99. The van der Waals surface area contributed by atoms with E-state index in [0.717, 1.165) is 57.9 Å². The predicted octanol–water partition coefficient (Wildman–Crippen LogP) is 7.33. The zero-order valence-corrected chi connectivity index (χ0v) is 27.5. The summed E-state index contributed by atoms with van der Waals surface area (Å²) in [5.74, 6) is 0.115. The quantitative estimate of drug-likeness (QED) is 0.0578. The first kappa shape index (κ1) is 38.0. The van der Waals surface area contributed by atoms with Crippen LogP contribution in [0.15, 0.2) is 0 Å². The summed E-state index contributed by atoms with van der Waals surface area (Å²) < 4.78 is 21.7. The Hall–Kier alpha value is -0.0151. The molecule has 0 aromatic rings. The maximum absolute atomic E-state index is 12.1. The molecule has 234 valence electrons. The molecule has 2 N–H and O–H groups in total. The van der Waals surface area contributed by atoms with Gasteiger partial charge in [-0.05, 0) is 31.1 Å². The minimum Gasteiger partial charge on any atom is -0.382 e. The first-order valence-corrected chi connectivity index (χ1v) is 18.7. The number of hydrogen-bond donors (Lipinski definition) is 2. The van der Waals surface area contributed by atoms with Crippen molar-refractivity contribution in [1.82, 2.24) is 5.32 Å². The first-order chi connectivity index (χ1) is 19.3. The van der Waals surface area contributed by atoms with E-state index < -0.39 is 18.8 Å². The van der Waals surface area contributed by atoms with Gasteiger partial charge < -0.3 is 28.7 Å². The number of hydrogen-bond acceptors (Lipinski definition) is 6. The Labute approximate surface area is 252 Å². The summed E-state index contributed by atoms with van der Waals surface area (Å²) >= 11 is 5.05. The molecule has 7 nitrogen and oxygen atoms in total. The van der Waals surface area contributed by atoms with Gasteiger partial charge in [-0.2, -0.15) is 0 Å². The van der Waals surface area contributed by atoms with E-state index in [2.05, 4.69) is 12.2 Å². The largest absolute Gasteiger partial charge is 0.382 e. The number of carbonyl (C=O) groups excluding carboxylic acids is 1. The fourth-order valence-corrected chi connectivity index (χ4v) is 6.45. The van der Waals surface area contributed by atoms with Crippen molar-refractivity contribution in [3.05, 3.63) is 0 Å². The van der Waals surface area contributed by atoms with Crippen LogP contribution in [0.4, 0.5) is 0 Å². The molecule has 0 aliphatic carbocycles. The first-order valence-electron chi connectivity index (χ1n) is 16.1. The lowest BCUT2D eigenvalue weighted by Gasteiger charge is -2.27.